The van der Waals surface area contributed by atoms with E-state index in [0.717, 1.165) is 0 Å². The highest BCUT2D eigenvalue weighted by Gasteiger charge is 2.29. The molecular weight excluding hydrogens is 524 g/mol. The highest BCUT2D eigenvalue weighted by atomic mass is 19.1. The Bertz CT molecular complexity index is 1000. The molecule has 0 bridgehead atoms. The van der Waals surface area contributed by atoms with Gasteiger partial charge in [-0.25, -0.2) is 19.5 Å². The Balaban J connectivity index is 2.99. The van der Waals surface area contributed by atoms with Gasteiger partial charge in [-0.2, -0.15) is 0 Å². The molecule has 0 aliphatic carbocycles. The molecule has 0 fully saturated rings. The number of hydrogen-bond donors (Lipinski definition) is 7. The fraction of sp³-hybridized carbons (Fsp3) is 0.522. The van der Waals surface area contributed by atoms with Gasteiger partial charge in [-0.1, -0.05) is 13.8 Å². The van der Waals surface area contributed by atoms with Gasteiger partial charge in [-0.3, -0.25) is 19.2 Å². The van der Waals surface area contributed by atoms with Crippen LogP contribution in [0.4, 0.5) is 19.3 Å². The van der Waals surface area contributed by atoms with E-state index in [-0.39, 0.29) is 45.6 Å². The van der Waals surface area contributed by atoms with Crippen molar-refractivity contribution in [2.75, 3.05) is 31.7 Å². The minimum absolute atomic E-state index is 0.0462. The fourth-order valence-corrected chi connectivity index (χ4v) is 3.25. The van der Waals surface area contributed by atoms with E-state index >= 15 is 0 Å². The lowest BCUT2D eigenvalue weighted by Gasteiger charge is -2.25. The number of benzene rings is 1. The first-order valence-electron chi connectivity index (χ1n) is 12.0. The number of carbonyl (C=O) groups excluding carboxylic acids is 5. The number of nitrogens with two attached hydrogens (primary N) is 3. The molecular formula is C23H35F2N7O7. The van der Waals surface area contributed by atoms with Crippen LogP contribution in [0.5, 0.6) is 0 Å². The highest BCUT2D eigenvalue weighted by Crippen LogP contribution is 2.21. The molecule has 0 saturated carbocycles. The Morgan fingerprint density at radius 2 is 1.59 bits per heavy atom. The number of halogens is 2. The van der Waals surface area contributed by atoms with Gasteiger partial charge in [0.15, 0.2) is 11.6 Å². The van der Waals surface area contributed by atoms with Gasteiger partial charge in [-0.05, 0) is 30.9 Å². The van der Waals surface area contributed by atoms with Crippen LogP contribution < -0.4 is 38.6 Å². The van der Waals surface area contributed by atoms with Gasteiger partial charge in [-0.15, -0.1) is 0 Å². The fourth-order valence-electron chi connectivity index (χ4n) is 3.25. The lowest BCUT2D eigenvalue weighted by atomic mass is 10.0. The monoisotopic (exact) mass is 559 g/mol. The van der Waals surface area contributed by atoms with E-state index in [9.17, 15) is 32.8 Å². The van der Waals surface area contributed by atoms with Crippen molar-refractivity contribution < 1.29 is 42.3 Å². The summed E-state index contributed by atoms with van der Waals surface area (Å²) >= 11 is 0. The minimum atomic E-state index is -1.33. The molecule has 1 aromatic rings. The normalized spacial score (nSPS) is 12.4. The molecule has 0 unspecified atom stereocenters. The Morgan fingerprint density at radius 1 is 0.949 bits per heavy atom. The molecule has 0 spiro atoms. The maximum atomic E-state index is 14.4. The van der Waals surface area contributed by atoms with Crippen LogP contribution in [0.25, 0.3) is 0 Å². The molecule has 1 rings (SSSR count). The maximum absolute atomic E-state index is 14.4. The molecule has 0 aliphatic heterocycles. The van der Waals surface area contributed by atoms with E-state index in [1.54, 1.807) is 13.8 Å². The summed E-state index contributed by atoms with van der Waals surface area (Å²) in [5.41, 5.74) is 8.76. The molecule has 0 radical (unpaired) electrons. The molecule has 6 amide bonds. The first kappa shape index (κ1) is 33.1. The second-order valence-electron chi connectivity index (χ2n) is 8.69. The van der Waals surface area contributed by atoms with Crippen molar-refractivity contribution in [1.82, 2.24) is 16.0 Å². The summed E-state index contributed by atoms with van der Waals surface area (Å²) < 4.78 is 34.0. The zero-order chi connectivity index (χ0) is 29.5. The molecule has 1 aromatic carbocycles. The second kappa shape index (κ2) is 16.8. The van der Waals surface area contributed by atoms with E-state index in [4.69, 9.17) is 22.1 Å². The summed E-state index contributed by atoms with van der Waals surface area (Å²) in [6, 6.07) is -1.89. The van der Waals surface area contributed by atoms with Gasteiger partial charge in [0, 0.05) is 18.5 Å². The van der Waals surface area contributed by atoms with E-state index in [0.29, 0.717) is 12.1 Å². The highest BCUT2D eigenvalue weighted by molar-refractivity contribution is 5.99. The number of carbonyl (C=O) groups is 5. The molecule has 2 atom stereocenters. The number of ether oxygens (including phenoxy) is 1. The van der Waals surface area contributed by atoms with E-state index < -0.39 is 70.5 Å². The topological polar surface area (TPSA) is 230 Å². The number of amides is 6. The molecule has 14 nitrogen and oxygen atoms in total. The number of urea groups is 1. The van der Waals surface area contributed by atoms with E-state index in [1.165, 1.54) is 0 Å². The van der Waals surface area contributed by atoms with Crippen molar-refractivity contribution in [3.63, 3.8) is 0 Å². The van der Waals surface area contributed by atoms with Crippen molar-refractivity contribution >= 4 is 35.3 Å². The van der Waals surface area contributed by atoms with Crippen LogP contribution >= 0.6 is 0 Å². The first-order valence-corrected chi connectivity index (χ1v) is 12.0. The van der Waals surface area contributed by atoms with Crippen LogP contribution in [0.1, 0.15) is 43.5 Å². The largest absolute Gasteiger partial charge is 0.378 e. The van der Waals surface area contributed by atoms with E-state index in [1.807, 2.05) is 0 Å². The summed E-state index contributed by atoms with van der Waals surface area (Å²) in [6.45, 7) is 3.73. The molecule has 218 valence electrons. The average molecular weight is 560 g/mol. The number of primary amides is 2. The van der Waals surface area contributed by atoms with Gasteiger partial charge in [0.05, 0.1) is 19.8 Å². The predicted octanol–water partition coefficient (Wildman–Crippen LogP) is -0.627. The van der Waals surface area contributed by atoms with Crippen LogP contribution in [0.15, 0.2) is 12.1 Å². The zero-order valence-corrected chi connectivity index (χ0v) is 21.7. The number of hydrogen-bond acceptors (Lipinski definition) is 8. The zero-order valence-electron chi connectivity index (χ0n) is 21.7. The van der Waals surface area contributed by atoms with Crippen molar-refractivity contribution in [2.24, 2.45) is 23.3 Å². The molecule has 10 N–H and O–H groups in total. The number of rotatable bonds is 17. The SMILES string of the molecule is CC(C)[C@H](NC(=O)CCOCCON)C(=O)N[C@@H](CCCNC(N)=O)C(=O)Nc1c(F)cc(C(N)=O)cc1F. The average Bonchev–Trinajstić information content (AvgIpc) is 2.85. The Kier molecular flexibility index (Phi) is 14.3. The first-order chi connectivity index (χ1) is 18.4. The molecule has 0 saturated heterocycles. The Morgan fingerprint density at radius 3 is 2.13 bits per heavy atom. The van der Waals surface area contributed by atoms with Crippen LogP contribution in [0.3, 0.4) is 0 Å². The van der Waals surface area contributed by atoms with Crippen molar-refractivity contribution in [1.29, 1.82) is 0 Å². The third kappa shape index (κ3) is 12.0. The van der Waals surface area contributed by atoms with Gasteiger partial charge < -0.3 is 42.3 Å². The standard InChI is InChI=1S/C23H35F2N7O7/c1-12(2)18(31-17(33)5-7-38-8-9-39-28)22(36)30-16(4-3-6-29-23(27)37)21(35)32-19-14(24)10-13(20(26)34)11-15(19)25/h10-12,16,18H,3-9,28H2,1-2H3,(H2,26,34)(H,30,36)(H,31,33)(H,32,35)(H3,27,29,37)/t16-,18-/m0/s1. The van der Waals surface area contributed by atoms with Gasteiger partial charge >= 0.3 is 6.03 Å². The van der Waals surface area contributed by atoms with Crippen LogP contribution in [-0.2, 0) is 24.0 Å². The number of anilines is 1. The lowest BCUT2D eigenvalue weighted by Crippen LogP contribution is -2.54. The third-order valence-electron chi connectivity index (χ3n) is 5.26. The summed E-state index contributed by atoms with van der Waals surface area (Å²) in [5.74, 6) is -1.34. The third-order valence-corrected chi connectivity index (χ3v) is 5.26. The summed E-state index contributed by atoms with van der Waals surface area (Å²) in [6.07, 6.45) is 0.00927. The van der Waals surface area contributed by atoms with Crippen LogP contribution in [-0.4, -0.2) is 68.1 Å². The van der Waals surface area contributed by atoms with E-state index in [2.05, 4.69) is 26.1 Å². The maximum Gasteiger partial charge on any atom is 0.312 e. The number of nitrogens with one attached hydrogen (secondary N) is 4. The molecule has 0 heterocycles. The molecule has 39 heavy (non-hydrogen) atoms. The Hall–Kier alpha value is -3.89. The van der Waals surface area contributed by atoms with Gasteiger partial charge in [0.1, 0.15) is 17.8 Å². The smallest absolute Gasteiger partial charge is 0.312 e. The Labute approximate surface area is 223 Å². The summed E-state index contributed by atoms with van der Waals surface area (Å²) in [7, 11) is 0. The van der Waals surface area contributed by atoms with Crippen LogP contribution in [0.2, 0.25) is 0 Å². The van der Waals surface area contributed by atoms with Gasteiger partial charge in [0.25, 0.3) is 0 Å². The summed E-state index contributed by atoms with van der Waals surface area (Å²) in [5, 5.41) is 9.42. The summed E-state index contributed by atoms with van der Waals surface area (Å²) in [4.78, 5) is 64.8. The lowest BCUT2D eigenvalue weighted by molar-refractivity contribution is -0.132. The predicted molar refractivity (Wildman–Crippen MR) is 135 cm³/mol. The van der Waals surface area contributed by atoms with Crippen LogP contribution in [0, 0.1) is 17.6 Å². The quantitative estimate of drug-likeness (QED) is 0.0957. The second-order valence-corrected chi connectivity index (χ2v) is 8.69. The molecule has 16 heteroatoms. The molecule has 0 aromatic heterocycles. The van der Waals surface area contributed by atoms with Crippen molar-refractivity contribution in [2.45, 2.75) is 45.2 Å². The minimum Gasteiger partial charge on any atom is -0.378 e. The van der Waals surface area contributed by atoms with Crippen molar-refractivity contribution in [3.05, 3.63) is 29.3 Å². The molecule has 0 aliphatic rings. The van der Waals surface area contributed by atoms with Crippen molar-refractivity contribution in [3.8, 4) is 0 Å². The van der Waals surface area contributed by atoms with Gasteiger partial charge in [0.2, 0.25) is 23.6 Å².